The number of carboxylic acid groups (broad SMARTS) is 1. The minimum absolute atomic E-state index is 0.325. The first-order chi connectivity index (χ1) is 11.0. The van der Waals surface area contributed by atoms with Crippen molar-refractivity contribution in [3.63, 3.8) is 0 Å². The van der Waals surface area contributed by atoms with Crippen LogP contribution in [0.2, 0.25) is 0 Å². The van der Waals surface area contributed by atoms with E-state index in [1.807, 2.05) is 54.6 Å². The van der Waals surface area contributed by atoms with Crippen LogP contribution in [0.15, 0.2) is 54.6 Å². The van der Waals surface area contributed by atoms with Crippen molar-refractivity contribution >= 4 is 17.6 Å². The molecule has 1 heterocycles. The predicted molar refractivity (Wildman–Crippen MR) is 89.0 cm³/mol. The fourth-order valence-corrected chi connectivity index (χ4v) is 2.13. The van der Waals surface area contributed by atoms with Gasteiger partial charge in [0.1, 0.15) is 17.7 Å². The monoisotopic (exact) mass is 310 g/mol. The molecule has 2 aromatic rings. The van der Waals surface area contributed by atoms with Gasteiger partial charge < -0.3 is 16.2 Å². The average molecular weight is 310 g/mol. The molecule has 0 aromatic heterocycles. The van der Waals surface area contributed by atoms with E-state index in [1.165, 1.54) is 0 Å². The fourth-order valence-electron chi connectivity index (χ4n) is 2.13. The molecule has 0 radical (unpaired) electrons. The minimum Gasteiger partial charge on any atom is -0.480 e. The summed E-state index contributed by atoms with van der Waals surface area (Å²) in [5.74, 6) is -0.310. The van der Waals surface area contributed by atoms with Gasteiger partial charge in [0.25, 0.3) is 0 Å². The lowest BCUT2D eigenvalue weighted by Gasteiger charge is -2.04. The van der Waals surface area contributed by atoms with Gasteiger partial charge in [0.15, 0.2) is 0 Å². The Morgan fingerprint density at radius 1 is 1.00 bits per heavy atom. The number of aliphatic carboxylic acids is 1. The summed E-state index contributed by atoms with van der Waals surface area (Å²) in [7, 11) is 0. The summed E-state index contributed by atoms with van der Waals surface area (Å²) in [6.45, 7) is 0. The smallest absolute Gasteiger partial charge is 0.320 e. The van der Waals surface area contributed by atoms with Crippen LogP contribution in [0, 0.1) is 10.8 Å². The highest BCUT2D eigenvalue weighted by Gasteiger charge is 2.19. The number of benzene rings is 2. The number of amidine groups is 2. The maximum Gasteiger partial charge on any atom is 0.320 e. The zero-order valence-electron chi connectivity index (χ0n) is 12.4. The van der Waals surface area contributed by atoms with Gasteiger partial charge in [-0.05, 0) is 12.0 Å². The molecule has 0 saturated heterocycles. The van der Waals surface area contributed by atoms with Crippen LogP contribution in [-0.4, -0.2) is 28.8 Å². The molecular weight excluding hydrogens is 292 g/mol. The molecular formula is C17H18N4O2. The van der Waals surface area contributed by atoms with Crippen molar-refractivity contribution in [2.45, 2.75) is 12.5 Å². The first kappa shape index (κ1) is 16.4. The summed E-state index contributed by atoms with van der Waals surface area (Å²) in [5.41, 5.74) is 7.93. The van der Waals surface area contributed by atoms with Crippen molar-refractivity contribution in [2.24, 2.45) is 5.73 Å². The minimum atomic E-state index is -0.959. The summed E-state index contributed by atoms with van der Waals surface area (Å²) in [6, 6.07) is 16.0. The van der Waals surface area contributed by atoms with Gasteiger partial charge in [-0.3, -0.25) is 15.6 Å². The largest absolute Gasteiger partial charge is 0.480 e. The number of carboxylic acids is 1. The number of fused-ring (bicyclic) bond motifs is 1. The molecule has 0 aliphatic carbocycles. The molecule has 0 bridgehead atoms. The number of hydrogen-bond acceptors (Lipinski definition) is 4. The summed E-state index contributed by atoms with van der Waals surface area (Å²) >= 11 is 0. The maximum absolute atomic E-state index is 10.4. The Hall–Kier alpha value is -2.99. The molecule has 118 valence electrons. The number of rotatable bonds is 3. The second kappa shape index (κ2) is 7.33. The fraction of sp³-hybridized carbons (Fsp3) is 0.118. The molecule has 2 aromatic carbocycles. The van der Waals surface area contributed by atoms with Gasteiger partial charge in [0, 0.05) is 11.1 Å². The molecule has 6 nitrogen and oxygen atoms in total. The van der Waals surface area contributed by atoms with Gasteiger partial charge >= 0.3 is 5.97 Å². The second-order valence-corrected chi connectivity index (χ2v) is 5.06. The third-order valence-corrected chi connectivity index (χ3v) is 3.33. The molecule has 6 N–H and O–H groups in total. The third kappa shape index (κ3) is 4.24. The van der Waals surface area contributed by atoms with Crippen molar-refractivity contribution in [1.82, 2.24) is 5.32 Å². The van der Waals surface area contributed by atoms with E-state index >= 15 is 0 Å². The van der Waals surface area contributed by atoms with E-state index in [9.17, 15) is 4.79 Å². The van der Waals surface area contributed by atoms with Crippen molar-refractivity contribution in [2.75, 3.05) is 0 Å². The van der Waals surface area contributed by atoms with Crippen molar-refractivity contribution < 1.29 is 9.90 Å². The highest BCUT2D eigenvalue weighted by Crippen LogP contribution is 2.13. The van der Waals surface area contributed by atoms with Crippen LogP contribution in [-0.2, 0) is 11.2 Å². The average Bonchev–Trinajstić information content (AvgIpc) is 2.84. The van der Waals surface area contributed by atoms with E-state index in [0.29, 0.717) is 18.1 Å². The SMILES string of the molecule is N=C1NC(=N)c2ccccc21.NC(Cc1ccccc1)C(=O)O. The van der Waals surface area contributed by atoms with Gasteiger partial charge in [-0.25, -0.2) is 0 Å². The Kier molecular flexibility index (Phi) is 5.22. The van der Waals surface area contributed by atoms with Gasteiger partial charge in [0.2, 0.25) is 0 Å². The summed E-state index contributed by atoms with van der Waals surface area (Å²) in [5, 5.41) is 26.0. The standard InChI is InChI=1S/C9H11NO2.C8H7N3/c10-8(9(11)12)6-7-4-2-1-3-5-7;9-7-5-3-1-2-4-6(5)8(10)11-7/h1-5,8H,6,10H2,(H,11,12);1-4H,(H3,9,10,11). The van der Waals surface area contributed by atoms with Gasteiger partial charge in [-0.1, -0.05) is 54.6 Å². The molecule has 1 aliphatic heterocycles. The summed E-state index contributed by atoms with van der Waals surface area (Å²) < 4.78 is 0. The van der Waals surface area contributed by atoms with E-state index in [0.717, 1.165) is 16.7 Å². The van der Waals surface area contributed by atoms with Crippen LogP contribution >= 0.6 is 0 Å². The molecule has 1 unspecified atom stereocenters. The first-order valence-electron chi connectivity index (χ1n) is 7.05. The molecule has 0 fully saturated rings. The Bertz CT molecular complexity index is 695. The first-order valence-corrected chi connectivity index (χ1v) is 7.05. The molecule has 0 saturated carbocycles. The number of nitrogens with one attached hydrogen (secondary N) is 3. The number of carbonyl (C=O) groups is 1. The predicted octanol–water partition coefficient (Wildman–Crippen LogP) is 1.58. The zero-order valence-corrected chi connectivity index (χ0v) is 12.4. The van der Waals surface area contributed by atoms with E-state index < -0.39 is 12.0 Å². The van der Waals surface area contributed by atoms with Crippen molar-refractivity contribution in [3.8, 4) is 0 Å². The Labute approximate surface area is 134 Å². The van der Waals surface area contributed by atoms with Crippen LogP contribution in [0.3, 0.4) is 0 Å². The van der Waals surface area contributed by atoms with Crippen molar-refractivity contribution in [1.29, 1.82) is 10.8 Å². The van der Waals surface area contributed by atoms with Gasteiger partial charge in [0.05, 0.1) is 0 Å². The zero-order chi connectivity index (χ0) is 16.8. The topological polar surface area (TPSA) is 123 Å². The van der Waals surface area contributed by atoms with Gasteiger partial charge in [-0.2, -0.15) is 0 Å². The third-order valence-electron chi connectivity index (χ3n) is 3.33. The molecule has 0 spiro atoms. The lowest BCUT2D eigenvalue weighted by Crippen LogP contribution is -2.32. The normalized spacial score (nSPS) is 13.4. The lowest BCUT2D eigenvalue weighted by atomic mass is 10.1. The Morgan fingerprint density at radius 3 is 1.96 bits per heavy atom. The summed E-state index contributed by atoms with van der Waals surface area (Å²) in [6.07, 6.45) is 0.385. The molecule has 0 amide bonds. The van der Waals surface area contributed by atoms with E-state index in [4.69, 9.17) is 21.7 Å². The molecule has 1 atom stereocenters. The van der Waals surface area contributed by atoms with Crippen LogP contribution in [0.5, 0.6) is 0 Å². The number of nitrogens with two attached hydrogens (primary N) is 1. The van der Waals surface area contributed by atoms with E-state index in [1.54, 1.807) is 0 Å². The van der Waals surface area contributed by atoms with Crippen LogP contribution < -0.4 is 11.1 Å². The second-order valence-electron chi connectivity index (χ2n) is 5.06. The van der Waals surface area contributed by atoms with Crippen LogP contribution in [0.4, 0.5) is 0 Å². The van der Waals surface area contributed by atoms with Crippen molar-refractivity contribution in [3.05, 3.63) is 71.3 Å². The van der Waals surface area contributed by atoms with E-state index in [2.05, 4.69) is 5.32 Å². The quantitative estimate of drug-likeness (QED) is 0.590. The maximum atomic E-state index is 10.4. The number of hydrogen-bond donors (Lipinski definition) is 5. The Balaban J connectivity index is 0.000000167. The molecule has 6 heteroatoms. The van der Waals surface area contributed by atoms with Crippen LogP contribution in [0.25, 0.3) is 0 Å². The van der Waals surface area contributed by atoms with Crippen LogP contribution in [0.1, 0.15) is 16.7 Å². The van der Waals surface area contributed by atoms with Gasteiger partial charge in [-0.15, -0.1) is 0 Å². The molecule has 23 heavy (non-hydrogen) atoms. The highest BCUT2D eigenvalue weighted by atomic mass is 16.4. The highest BCUT2D eigenvalue weighted by molar-refractivity contribution is 6.23. The lowest BCUT2D eigenvalue weighted by molar-refractivity contribution is -0.138. The Morgan fingerprint density at radius 2 is 1.48 bits per heavy atom. The summed E-state index contributed by atoms with van der Waals surface area (Å²) in [4.78, 5) is 10.4. The molecule has 1 aliphatic rings. The molecule has 3 rings (SSSR count). The van der Waals surface area contributed by atoms with E-state index in [-0.39, 0.29) is 0 Å².